The molecular formula is C17H20N2O2. The summed E-state index contributed by atoms with van der Waals surface area (Å²) < 4.78 is 5.23. The summed E-state index contributed by atoms with van der Waals surface area (Å²) in [5.74, 6) is 0.615. The highest BCUT2D eigenvalue weighted by Crippen LogP contribution is 2.30. The number of anilines is 1. The smallest absolute Gasteiger partial charge is 0.239 e. The van der Waals surface area contributed by atoms with Crippen LogP contribution in [-0.2, 0) is 4.79 Å². The zero-order valence-corrected chi connectivity index (χ0v) is 12.3. The molecule has 0 spiro atoms. The predicted octanol–water partition coefficient (Wildman–Crippen LogP) is 4.17. The second-order valence-electron chi connectivity index (χ2n) is 5.76. The van der Waals surface area contributed by atoms with E-state index < -0.39 is 0 Å². The molecule has 1 saturated carbocycles. The minimum absolute atomic E-state index is 0.0554. The van der Waals surface area contributed by atoms with Gasteiger partial charge in [0.05, 0.1) is 11.8 Å². The first-order chi connectivity index (χ1) is 10.2. The van der Waals surface area contributed by atoms with Crippen molar-refractivity contribution in [3.8, 4) is 11.1 Å². The monoisotopic (exact) mass is 284 g/mol. The van der Waals surface area contributed by atoms with E-state index in [9.17, 15) is 4.79 Å². The van der Waals surface area contributed by atoms with E-state index in [2.05, 4.69) is 10.5 Å². The van der Waals surface area contributed by atoms with E-state index in [1.807, 2.05) is 31.2 Å². The Morgan fingerprint density at radius 1 is 1.19 bits per heavy atom. The highest BCUT2D eigenvalue weighted by Gasteiger charge is 2.23. The van der Waals surface area contributed by atoms with Crippen LogP contribution in [0.5, 0.6) is 0 Å². The molecule has 1 N–H and O–H groups in total. The van der Waals surface area contributed by atoms with Crippen LogP contribution < -0.4 is 5.32 Å². The van der Waals surface area contributed by atoms with E-state index in [1.165, 1.54) is 12.0 Å². The van der Waals surface area contributed by atoms with Gasteiger partial charge >= 0.3 is 0 Å². The van der Waals surface area contributed by atoms with Crippen molar-refractivity contribution in [3.63, 3.8) is 0 Å². The molecule has 1 amide bonds. The fraction of sp³-hybridized carbons (Fsp3) is 0.412. The summed E-state index contributed by atoms with van der Waals surface area (Å²) in [6, 6.07) is 8.10. The minimum atomic E-state index is 0.0554. The zero-order valence-electron chi connectivity index (χ0n) is 12.3. The predicted molar refractivity (Wildman–Crippen MR) is 81.9 cm³/mol. The first kappa shape index (κ1) is 13.9. The molecule has 0 atom stereocenters. The Bertz CT molecular complexity index is 610. The fourth-order valence-corrected chi connectivity index (χ4v) is 2.85. The number of aromatic nitrogens is 1. The molecule has 0 saturated heterocycles. The number of benzene rings is 1. The summed E-state index contributed by atoms with van der Waals surface area (Å²) in [4.78, 5) is 12.3. The highest BCUT2D eigenvalue weighted by atomic mass is 16.5. The molecule has 1 heterocycles. The van der Waals surface area contributed by atoms with E-state index in [1.54, 1.807) is 6.20 Å². The first-order valence-electron chi connectivity index (χ1n) is 7.56. The van der Waals surface area contributed by atoms with Gasteiger partial charge in [0.2, 0.25) is 11.8 Å². The highest BCUT2D eigenvalue weighted by molar-refractivity contribution is 5.94. The first-order valence-corrected chi connectivity index (χ1v) is 7.56. The van der Waals surface area contributed by atoms with Gasteiger partial charge in [0.25, 0.3) is 0 Å². The maximum atomic E-state index is 12.3. The second-order valence-corrected chi connectivity index (χ2v) is 5.76. The molecule has 110 valence electrons. The molecule has 1 aromatic heterocycles. The third-order valence-electron chi connectivity index (χ3n) is 4.15. The van der Waals surface area contributed by atoms with Gasteiger partial charge in [-0.2, -0.15) is 0 Å². The number of hydrogen-bond acceptors (Lipinski definition) is 3. The summed E-state index contributed by atoms with van der Waals surface area (Å²) in [7, 11) is 0. The Morgan fingerprint density at radius 2 is 1.90 bits per heavy atom. The molecule has 0 radical (unpaired) electrons. The van der Waals surface area contributed by atoms with Crippen molar-refractivity contribution in [2.75, 3.05) is 5.32 Å². The van der Waals surface area contributed by atoms with Crippen molar-refractivity contribution in [2.24, 2.45) is 5.92 Å². The lowest BCUT2D eigenvalue weighted by Gasteiger charge is -2.20. The van der Waals surface area contributed by atoms with E-state index in [0.29, 0.717) is 5.88 Å². The van der Waals surface area contributed by atoms with Crippen LogP contribution in [0.4, 0.5) is 5.88 Å². The molecular weight excluding hydrogens is 264 g/mol. The molecule has 4 heteroatoms. The van der Waals surface area contributed by atoms with Gasteiger partial charge in [-0.25, -0.2) is 0 Å². The Labute approximate surface area is 124 Å². The van der Waals surface area contributed by atoms with Crippen LogP contribution in [-0.4, -0.2) is 11.1 Å². The van der Waals surface area contributed by atoms with Crippen LogP contribution in [0.25, 0.3) is 11.1 Å². The van der Waals surface area contributed by atoms with Crippen molar-refractivity contribution in [2.45, 2.75) is 39.0 Å². The SMILES string of the molecule is Cc1ccc(-c2cnoc2NC(=O)C2CCCCC2)cc1. The molecule has 0 aliphatic heterocycles. The number of amides is 1. The third-order valence-corrected chi connectivity index (χ3v) is 4.15. The molecule has 4 nitrogen and oxygen atoms in total. The van der Waals surface area contributed by atoms with Gasteiger partial charge in [0, 0.05) is 5.92 Å². The number of nitrogens with zero attached hydrogens (tertiary/aromatic N) is 1. The zero-order chi connectivity index (χ0) is 14.7. The van der Waals surface area contributed by atoms with Crippen LogP contribution in [0.3, 0.4) is 0 Å². The van der Waals surface area contributed by atoms with E-state index in [-0.39, 0.29) is 11.8 Å². The van der Waals surface area contributed by atoms with Gasteiger partial charge in [0.15, 0.2) is 0 Å². The summed E-state index contributed by atoms with van der Waals surface area (Å²) >= 11 is 0. The summed E-state index contributed by atoms with van der Waals surface area (Å²) in [5.41, 5.74) is 3.03. The lowest BCUT2D eigenvalue weighted by atomic mass is 9.88. The van der Waals surface area contributed by atoms with Crippen LogP contribution >= 0.6 is 0 Å². The number of carbonyl (C=O) groups excluding carboxylic acids is 1. The molecule has 21 heavy (non-hydrogen) atoms. The van der Waals surface area contributed by atoms with Crippen LogP contribution in [0.15, 0.2) is 35.0 Å². The van der Waals surface area contributed by atoms with Crippen LogP contribution in [0, 0.1) is 12.8 Å². The number of hydrogen-bond donors (Lipinski definition) is 1. The van der Waals surface area contributed by atoms with Gasteiger partial charge in [-0.05, 0) is 25.3 Å². The summed E-state index contributed by atoms with van der Waals surface area (Å²) in [6.07, 6.45) is 7.11. The minimum Gasteiger partial charge on any atom is -0.338 e. The molecule has 1 fully saturated rings. The van der Waals surface area contributed by atoms with Crippen molar-refractivity contribution in [3.05, 3.63) is 36.0 Å². The topological polar surface area (TPSA) is 55.1 Å². The van der Waals surface area contributed by atoms with Crippen molar-refractivity contribution in [1.29, 1.82) is 0 Å². The molecule has 0 bridgehead atoms. The quantitative estimate of drug-likeness (QED) is 0.920. The third kappa shape index (κ3) is 3.15. The largest absolute Gasteiger partial charge is 0.338 e. The van der Waals surface area contributed by atoms with E-state index in [4.69, 9.17) is 4.52 Å². The lowest BCUT2D eigenvalue weighted by Crippen LogP contribution is -2.24. The molecule has 0 unspecified atom stereocenters. The van der Waals surface area contributed by atoms with Crippen molar-refractivity contribution < 1.29 is 9.32 Å². The number of nitrogens with one attached hydrogen (secondary N) is 1. The number of rotatable bonds is 3. The van der Waals surface area contributed by atoms with Gasteiger partial charge in [-0.15, -0.1) is 0 Å². The average Bonchev–Trinajstić information content (AvgIpc) is 2.97. The fourth-order valence-electron chi connectivity index (χ4n) is 2.85. The standard InChI is InChI=1S/C17H20N2O2/c1-12-7-9-13(10-8-12)15-11-18-21-17(15)19-16(20)14-5-3-2-4-6-14/h7-11,14H,2-6H2,1H3,(H,19,20). The summed E-state index contributed by atoms with van der Waals surface area (Å²) in [6.45, 7) is 2.04. The molecule has 1 aliphatic rings. The van der Waals surface area contributed by atoms with Gasteiger partial charge in [0.1, 0.15) is 0 Å². The van der Waals surface area contributed by atoms with Crippen molar-refractivity contribution >= 4 is 11.8 Å². The number of aryl methyl sites for hydroxylation is 1. The van der Waals surface area contributed by atoms with E-state index in [0.717, 1.165) is 36.8 Å². The maximum absolute atomic E-state index is 12.3. The Hall–Kier alpha value is -2.10. The van der Waals surface area contributed by atoms with Crippen LogP contribution in [0.1, 0.15) is 37.7 Å². The van der Waals surface area contributed by atoms with Gasteiger partial charge < -0.3 is 4.52 Å². The van der Waals surface area contributed by atoms with E-state index >= 15 is 0 Å². The molecule has 2 aromatic rings. The normalized spacial score (nSPS) is 15.9. The van der Waals surface area contributed by atoms with Gasteiger partial charge in [-0.3, -0.25) is 10.1 Å². The molecule has 1 aromatic carbocycles. The van der Waals surface area contributed by atoms with Crippen molar-refractivity contribution in [1.82, 2.24) is 5.16 Å². The number of carbonyl (C=O) groups is 1. The van der Waals surface area contributed by atoms with Crippen LogP contribution in [0.2, 0.25) is 0 Å². The summed E-state index contributed by atoms with van der Waals surface area (Å²) in [5, 5.41) is 6.73. The molecule has 3 rings (SSSR count). The average molecular weight is 284 g/mol. The second kappa shape index (κ2) is 6.12. The Kier molecular flexibility index (Phi) is 4.04. The maximum Gasteiger partial charge on any atom is 0.239 e. The Balaban J connectivity index is 1.76. The van der Waals surface area contributed by atoms with Gasteiger partial charge in [-0.1, -0.05) is 54.2 Å². The lowest BCUT2D eigenvalue weighted by molar-refractivity contribution is -0.120. The Morgan fingerprint density at radius 3 is 2.62 bits per heavy atom. The molecule has 1 aliphatic carbocycles.